The summed E-state index contributed by atoms with van der Waals surface area (Å²) in [6.07, 6.45) is 3.23. The van der Waals surface area contributed by atoms with E-state index in [4.69, 9.17) is 0 Å². The van der Waals surface area contributed by atoms with Crippen LogP contribution in [0.4, 0.5) is 0 Å². The van der Waals surface area contributed by atoms with Gasteiger partial charge in [-0.25, -0.2) is 0 Å². The number of hydrogen-bond donors (Lipinski definition) is 1. The van der Waals surface area contributed by atoms with Crippen LogP contribution in [0.15, 0.2) is 24.8 Å². The van der Waals surface area contributed by atoms with Crippen molar-refractivity contribution in [2.24, 2.45) is 0 Å². The lowest BCUT2D eigenvalue weighted by atomic mass is 9.98. The highest BCUT2D eigenvalue weighted by Crippen LogP contribution is 2.36. The fraction of sp³-hybridized carbons (Fsp3) is 0.0833. The first-order valence-corrected chi connectivity index (χ1v) is 4.36. The van der Waals surface area contributed by atoms with Gasteiger partial charge in [0.05, 0.1) is 5.56 Å². The number of phenolic OH excluding ortho intramolecular Hbond substituents is 1. The molecule has 1 aromatic carbocycles. The Morgan fingerprint density at radius 1 is 1.36 bits per heavy atom. The molecule has 0 aliphatic heterocycles. The van der Waals surface area contributed by atoms with Gasteiger partial charge in [-0.05, 0) is 35.8 Å². The number of benzene rings is 1. The molecule has 0 aromatic heterocycles. The Kier molecular flexibility index (Phi) is 1.78. The number of hydrogen-bond acceptors (Lipinski definition) is 2. The van der Waals surface area contributed by atoms with Crippen LogP contribution in [0.5, 0.6) is 5.75 Å². The quantitative estimate of drug-likeness (QED) is 0.732. The van der Waals surface area contributed by atoms with Crippen LogP contribution in [-0.2, 0) is 0 Å². The van der Waals surface area contributed by atoms with Crippen molar-refractivity contribution in [1.82, 2.24) is 0 Å². The van der Waals surface area contributed by atoms with Gasteiger partial charge in [0.1, 0.15) is 5.75 Å². The second kappa shape index (κ2) is 2.84. The van der Waals surface area contributed by atoms with E-state index in [-0.39, 0.29) is 11.5 Å². The first-order valence-electron chi connectivity index (χ1n) is 4.36. The summed E-state index contributed by atoms with van der Waals surface area (Å²) in [5, 5.41) is 9.55. The molecule has 0 amide bonds. The predicted octanol–water partition coefficient (Wildman–Crippen LogP) is 2.63. The molecule has 0 unspecified atom stereocenters. The van der Waals surface area contributed by atoms with E-state index >= 15 is 0 Å². The third-order valence-electron chi connectivity index (χ3n) is 2.42. The van der Waals surface area contributed by atoms with Crippen LogP contribution in [0, 0.1) is 0 Å². The Morgan fingerprint density at radius 2 is 2.07 bits per heavy atom. The second-order valence-corrected chi connectivity index (χ2v) is 3.32. The lowest BCUT2D eigenvalue weighted by Crippen LogP contribution is -1.94. The standard InChI is InChI=1S/C12H10O2/c1-3-8-4-5-9(13)12-10(14)6-7(2)11(8)12/h3-6,13H,1H2,2H3. The van der Waals surface area contributed by atoms with Crippen LogP contribution in [-0.4, -0.2) is 10.9 Å². The first-order chi connectivity index (χ1) is 6.65. The van der Waals surface area contributed by atoms with Gasteiger partial charge in [0, 0.05) is 0 Å². The number of rotatable bonds is 1. The summed E-state index contributed by atoms with van der Waals surface area (Å²) in [7, 11) is 0. The van der Waals surface area contributed by atoms with Gasteiger partial charge in [-0.2, -0.15) is 0 Å². The largest absolute Gasteiger partial charge is 0.507 e. The highest BCUT2D eigenvalue weighted by Gasteiger charge is 2.23. The first kappa shape index (κ1) is 8.75. The second-order valence-electron chi connectivity index (χ2n) is 3.32. The van der Waals surface area contributed by atoms with Gasteiger partial charge in [0.2, 0.25) is 0 Å². The van der Waals surface area contributed by atoms with Crippen molar-refractivity contribution in [2.75, 3.05) is 0 Å². The Balaban J connectivity index is 2.82. The van der Waals surface area contributed by atoms with E-state index in [9.17, 15) is 9.90 Å². The smallest absolute Gasteiger partial charge is 0.190 e. The average Bonchev–Trinajstić information content (AvgIpc) is 2.44. The fourth-order valence-electron chi connectivity index (χ4n) is 1.79. The molecule has 1 aliphatic carbocycles. The summed E-state index contributed by atoms with van der Waals surface area (Å²) in [4.78, 5) is 11.5. The van der Waals surface area contributed by atoms with E-state index in [2.05, 4.69) is 6.58 Å². The van der Waals surface area contributed by atoms with Gasteiger partial charge in [-0.3, -0.25) is 4.79 Å². The summed E-state index contributed by atoms with van der Waals surface area (Å²) < 4.78 is 0. The lowest BCUT2D eigenvalue weighted by molar-refractivity contribution is 0.104. The van der Waals surface area contributed by atoms with Gasteiger partial charge >= 0.3 is 0 Å². The Hall–Kier alpha value is -1.83. The molecule has 0 radical (unpaired) electrons. The van der Waals surface area contributed by atoms with E-state index in [1.54, 1.807) is 12.1 Å². The minimum atomic E-state index is -0.126. The Morgan fingerprint density at radius 3 is 2.71 bits per heavy atom. The molecule has 0 atom stereocenters. The summed E-state index contributed by atoms with van der Waals surface area (Å²) in [5.41, 5.74) is 2.98. The van der Waals surface area contributed by atoms with E-state index in [0.717, 1.165) is 16.7 Å². The third kappa shape index (κ3) is 1.01. The molecule has 0 saturated heterocycles. The molecule has 0 fully saturated rings. The van der Waals surface area contributed by atoms with E-state index < -0.39 is 0 Å². The maximum atomic E-state index is 11.5. The number of phenols is 1. The van der Waals surface area contributed by atoms with Gasteiger partial charge in [0.25, 0.3) is 0 Å². The van der Waals surface area contributed by atoms with Gasteiger partial charge < -0.3 is 5.11 Å². The van der Waals surface area contributed by atoms with E-state index in [1.165, 1.54) is 12.1 Å². The molecule has 2 rings (SSSR count). The number of fused-ring (bicyclic) bond motifs is 1. The van der Waals surface area contributed by atoms with E-state index in [1.807, 2.05) is 6.92 Å². The van der Waals surface area contributed by atoms with Crippen molar-refractivity contribution in [2.45, 2.75) is 6.92 Å². The van der Waals surface area contributed by atoms with Crippen LogP contribution in [0.2, 0.25) is 0 Å². The fourth-order valence-corrected chi connectivity index (χ4v) is 1.79. The van der Waals surface area contributed by atoms with Crippen LogP contribution in [0.25, 0.3) is 11.6 Å². The number of allylic oxidation sites excluding steroid dienone is 2. The summed E-state index contributed by atoms with van der Waals surface area (Å²) in [6.45, 7) is 5.53. The zero-order chi connectivity index (χ0) is 10.3. The minimum absolute atomic E-state index is 0.0451. The van der Waals surface area contributed by atoms with Gasteiger partial charge in [0.15, 0.2) is 5.78 Å². The summed E-state index contributed by atoms with van der Waals surface area (Å²) in [5.74, 6) is -0.0811. The summed E-state index contributed by atoms with van der Waals surface area (Å²) in [6, 6.07) is 3.29. The van der Waals surface area contributed by atoms with E-state index in [0.29, 0.717) is 5.56 Å². The van der Waals surface area contributed by atoms with Crippen molar-refractivity contribution in [3.05, 3.63) is 41.5 Å². The topological polar surface area (TPSA) is 37.3 Å². The molecule has 1 aliphatic rings. The molecule has 1 N–H and O–H groups in total. The van der Waals surface area contributed by atoms with Crippen LogP contribution in [0.1, 0.15) is 28.4 Å². The molecule has 0 heterocycles. The predicted molar refractivity (Wildman–Crippen MR) is 56.2 cm³/mol. The molecule has 0 spiro atoms. The maximum absolute atomic E-state index is 11.5. The van der Waals surface area contributed by atoms with Crippen LogP contribution in [0.3, 0.4) is 0 Å². The van der Waals surface area contributed by atoms with Crippen molar-refractivity contribution in [3.8, 4) is 5.75 Å². The molecule has 14 heavy (non-hydrogen) atoms. The molecule has 2 nitrogen and oxygen atoms in total. The molecular formula is C12H10O2. The molecule has 70 valence electrons. The monoisotopic (exact) mass is 186 g/mol. The zero-order valence-corrected chi connectivity index (χ0v) is 7.87. The zero-order valence-electron chi connectivity index (χ0n) is 7.87. The molecule has 0 bridgehead atoms. The molecule has 1 aromatic rings. The number of carbonyl (C=O) groups excluding carboxylic acids is 1. The number of ketones is 1. The molecule has 0 saturated carbocycles. The van der Waals surface area contributed by atoms with Crippen LogP contribution < -0.4 is 0 Å². The Labute approximate surface area is 82.2 Å². The van der Waals surface area contributed by atoms with Gasteiger partial charge in [-0.15, -0.1) is 0 Å². The van der Waals surface area contributed by atoms with Gasteiger partial charge in [-0.1, -0.05) is 18.7 Å². The highest BCUT2D eigenvalue weighted by atomic mass is 16.3. The average molecular weight is 186 g/mol. The third-order valence-corrected chi connectivity index (χ3v) is 2.42. The van der Waals surface area contributed by atoms with Crippen molar-refractivity contribution in [3.63, 3.8) is 0 Å². The van der Waals surface area contributed by atoms with Crippen molar-refractivity contribution in [1.29, 1.82) is 0 Å². The minimum Gasteiger partial charge on any atom is -0.507 e. The molecular weight excluding hydrogens is 176 g/mol. The molecule has 2 heteroatoms. The van der Waals surface area contributed by atoms with Crippen molar-refractivity contribution < 1.29 is 9.90 Å². The number of carbonyl (C=O) groups is 1. The highest BCUT2D eigenvalue weighted by molar-refractivity contribution is 6.18. The van der Waals surface area contributed by atoms with Crippen LogP contribution >= 0.6 is 0 Å². The lowest BCUT2D eigenvalue weighted by Gasteiger charge is -2.06. The SMILES string of the molecule is C=Cc1ccc(O)c2c1C(C)=CC2=O. The van der Waals surface area contributed by atoms with Crippen molar-refractivity contribution >= 4 is 17.4 Å². The maximum Gasteiger partial charge on any atom is 0.190 e. The Bertz CT molecular complexity index is 467. The summed E-state index contributed by atoms with van der Waals surface area (Å²) >= 11 is 0. The number of aromatic hydroxyl groups is 1. The normalized spacial score (nSPS) is 13.8.